The second kappa shape index (κ2) is 4.89. The van der Waals surface area contributed by atoms with Crippen molar-refractivity contribution in [3.8, 4) is 12.1 Å². The number of benzene rings is 1. The van der Waals surface area contributed by atoms with Gasteiger partial charge in [-0.15, -0.1) is 0 Å². The zero-order valence-corrected chi connectivity index (χ0v) is 9.41. The summed E-state index contributed by atoms with van der Waals surface area (Å²) in [4.78, 5) is 0. The zero-order valence-electron chi connectivity index (χ0n) is 9.41. The van der Waals surface area contributed by atoms with Crippen molar-refractivity contribution in [3.63, 3.8) is 0 Å². The van der Waals surface area contributed by atoms with Crippen LogP contribution in [0.5, 0.6) is 0 Å². The highest BCUT2D eigenvalue weighted by Crippen LogP contribution is 2.06. The topological polar surface area (TPSA) is 47.6 Å². The number of hydrogen-bond acceptors (Lipinski definition) is 2. The molecule has 0 aliphatic heterocycles. The van der Waals surface area contributed by atoms with Gasteiger partial charge in [0.05, 0.1) is 22.6 Å². The van der Waals surface area contributed by atoms with Crippen LogP contribution in [0.1, 0.15) is 13.8 Å². The Hall–Kier alpha value is -2.34. The first kappa shape index (κ1) is 13.7. The molecule has 0 radical (unpaired) electrons. The van der Waals surface area contributed by atoms with Crippen LogP contribution in [0, 0.1) is 45.9 Å². The molecule has 0 aliphatic carbocycles. The molecular formula is C12H6F4N2. The second-order valence-corrected chi connectivity index (χ2v) is 3.48. The SMILES string of the molecule is CC(C#N)=c1c(F)c(F)c(=C(C)C#N)c(F)c1F. The Morgan fingerprint density at radius 2 is 0.944 bits per heavy atom. The van der Waals surface area contributed by atoms with E-state index in [9.17, 15) is 17.6 Å². The third-order valence-corrected chi connectivity index (χ3v) is 2.35. The Morgan fingerprint density at radius 1 is 0.722 bits per heavy atom. The van der Waals surface area contributed by atoms with Crippen LogP contribution in [0.25, 0.3) is 11.1 Å². The van der Waals surface area contributed by atoms with E-state index in [1.165, 1.54) is 12.1 Å². The lowest BCUT2D eigenvalue weighted by molar-refractivity contribution is 0.434. The van der Waals surface area contributed by atoms with Gasteiger partial charge in [-0.3, -0.25) is 0 Å². The molecular weight excluding hydrogens is 248 g/mol. The van der Waals surface area contributed by atoms with Crippen molar-refractivity contribution in [2.75, 3.05) is 0 Å². The van der Waals surface area contributed by atoms with Crippen LogP contribution >= 0.6 is 0 Å². The number of hydrogen-bond donors (Lipinski definition) is 0. The molecule has 0 saturated carbocycles. The van der Waals surface area contributed by atoms with E-state index >= 15 is 0 Å². The van der Waals surface area contributed by atoms with Gasteiger partial charge in [-0.1, -0.05) is 0 Å². The smallest absolute Gasteiger partial charge is 0.170 e. The van der Waals surface area contributed by atoms with E-state index in [1.54, 1.807) is 0 Å². The zero-order chi connectivity index (χ0) is 14.0. The monoisotopic (exact) mass is 254 g/mol. The summed E-state index contributed by atoms with van der Waals surface area (Å²) in [7, 11) is 0. The fourth-order valence-electron chi connectivity index (χ4n) is 1.40. The molecule has 0 spiro atoms. The van der Waals surface area contributed by atoms with E-state index in [4.69, 9.17) is 10.5 Å². The summed E-state index contributed by atoms with van der Waals surface area (Å²) in [5.74, 6) is -6.73. The minimum Gasteiger partial charge on any atom is -0.203 e. The largest absolute Gasteiger partial charge is 0.203 e. The van der Waals surface area contributed by atoms with Crippen LogP contribution in [-0.2, 0) is 0 Å². The molecule has 0 atom stereocenters. The first-order valence-electron chi connectivity index (χ1n) is 4.70. The molecule has 0 aliphatic rings. The number of nitrogens with zero attached hydrogens (tertiary/aromatic N) is 2. The summed E-state index contributed by atoms with van der Waals surface area (Å²) >= 11 is 0. The Kier molecular flexibility index (Phi) is 3.73. The molecule has 0 fully saturated rings. The van der Waals surface area contributed by atoms with Gasteiger partial charge >= 0.3 is 0 Å². The van der Waals surface area contributed by atoms with Crippen molar-refractivity contribution < 1.29 is 17.6 Å². The molecule has 0 aromatic heterocycles. The molecule has 18 heavy (non-hydrogen) atoms. The van der Waals surface area contributed by atoms with Crippen molar-refractivity contribution in [2.45, 2.75) is 13.8 Å². The van der Waals surface area contributed by atoms with Gasteiger partial charge < -0.3 is 0 Å². The first-order chi connectivity index (χ1) is 8.36. The van der Waals surface area contributed by atoms with E-state index < -0.39 is 44.9 Å². The van der Waals surface area contributed by atoms with Gasteiger partial charge in [0.2, 0.25) is 0 Å². The fourth-order valence-corrected chi connectivity index (χ4v) is 1.40. The van der Waals surface area contributed by atoms with Crippen molar-refractivity contribution in [2.24, 2.45) is 0 Å². The first-order valence-corrected chi connectivity index (χ1v) is 4.70. The highest BCUT2D eigenvalue weighted by molar-refractivity contribution is 5.60. The standard InChI is InChI=1S/C12H6F4N2/c1-5(3-17)7-9(13)11(15)8(6(2)4-18)12(16)10(7)14/h1-2H3. The average molecular weight is 254 g/mol. The van der Waals surface area contributed by atoms with Crippen LogP contribution in [0.2, 0.25) is 0 Å². The van der Waals surface area contributed by atoms with Gasteiger partial charge in [-0.2, -0.15) is 10.5 Å². The molecule has 2 nitrogen and oxygen atoms in total. The molecule has 0 amide bonds. The minimum absolute atomic E-state index is 0.496. The van der Waals surface area contributed by atoms with Crippen molar-refractivity contribution in [3.05, 3.63) is 33.7 Å². The molecule has 0 heterocycles. The van der Waals surface area contributed by atoms with Crippen molar-refractivity contribution in [1.82, 2.24) is 0 Å². The lowest BCUT2D eigenvalue weighted by Gasteiger charge is -2.02. The Bertz CT molecular complexity index is 622. The maximum Gasteiger partial charge on any atom is 0.170 e. The van der Waals surface area contributed by atoms with Crippen molar-refractivity contribution >= 4 is 11.1 Å². The van der Waals surface area contributed by atoms with Crippen LogP contribution in [0.3, 0.4) is 0 Å². The molecule has 6 heteroatoms. The third-order valence-electron chi connectivity index (χ3n) is 2.35. The second-order valence-electron chi connectivity index (χ2n) is 3.48. The number of nitriles is 2. The van der Waals surface area contributed by atoms with Crippen molar-refractivity contribution in [1.29, 1.82) is 10.5 Å². The lowest BCUT2D eigenvalue weighted by Crippen LogP contribution is -2.30. The Labute approximate surface area is 99.7 Å². The van der Waals surface area contributed by atoms with Crippen LogP contribution in [-0.4, -0.2) is 0 Å². The molecule has 1 rings (SSSR count). The maximum absolute atomic E-state index is 13.6. The Balaban J connectivity index is 4.21. The van der Waals surface area contributed by atoms with Crippen LogP contribution in [0.15, 0.2) is 0 Å². The minimum atomic E-state index is -1.68. The summed E-state index contributed by atoms with van der Waals surface area (Å²) in [6.45, 7) is 2.06. The highest BCUT2D eigenvalue weighted by Gasteiger charge is 2.20. The molecule has 92 valence electrons. The van der Waals surface area contributed by atoms with Gasteiger partial charge in [-0.25, -0.2) is 17.6 Å². The fraction of sp³-hybridized carbons (Fsp3) is 0.167. The van der Waals surface area contributed by atoms with E-state index in [-0.39, 0.29) is 0 Å². The summed E-state index contributed by atoms with van der Waals surface area (Å²) in [5, 5.41) is 14.9. The van der Waals surface area contributed by atoms with Crippen LogP contribution < -0.4 is 10.4 Å². The molecule has 1 aromatic carbocycles. The summed E-state index contributed by atoms with van der Waals surface area (Å²) in [6, 6.07) is 2.82. The maximum atomic E-state index is 13.6. The molecule has 1 aromatic rings. The van der Waals surface area contributed by atoms with E-state index in [2.05, 4.69) is 0 Å². The quantitative estimate of drug-likeness (QED) is 0.522. The van der Waals surface area contributed by atoms with Gasteiger partial charge in [0.1, 0.15) is 0 Å². The van der Waals surface area contributed by atoms with E-state index in [1.807, 2.05) is 0 Å². The predicted molar refractivity (Wildman–Crippen MR) is 54.9 cm³/mol. The molecule has 0 unspecified atom stereocenters. The summed E-state index contributed by atoms with van der Waals surface area (Å²) < 4.78 is 54.2. The molecule has 0 bridgehead atoms. The molecule has 0 N–H and O–H groups in total. The van der Waals surface area contributed by atoms with Gasteiger partial charge in [-0.05, 0) is 13.8 Å². The van der Waals surface area contributed by atoms with Gasteiger partial charge in [0.25, 0.3) is 0 Å². The third kappa shape index (κ3) is 1.93. The van der Waals surface area contributed by atoms with Gasteiger partial charge in [0.15, 0.2) is 23.3 Å². The Morgan fingerprint density at radius 3 is 1.11 bits per heavy atom. The molecule has 0 saturated heterocycles. The normalized spacial score (nSPS) is 9.56. The van der Waals surface area contributed by atoms with Gasteiger partial charge in [0, 0.05) is 11.1 Å². The number of halogens is 4. The lowest BCUT2D eigenvalue weighted by atomic mass is 10.1. The summed E-state index contributed by atoms with van der Waals surface area (Å²) in [5.41, 5.74) is -0.993. The van der Waals surface area contributed by atoms with E-state index in [0.717, 1.165) is 13.8 Å². The number of rotatable bonds is 0. The van der Waals surface area contributed by atoms with Crippen LogP contribution in [0.4, 0.5) is 17.6 Å². The van der Waals surface area contributed by atoms with E-state index in [0.29, 0.717) is 0 Å². The predicted octanol–water partition coefficient (Wildman–Crippen LogP) is 1.63. The average Bonchev–Trinajstić information content (AvgIpc) is 2.36. The summed E-state index contributed by atoms with van der Waals surface area (Å²) in [6.07, 6.45) is 0. The highest BCUT2D eigenvalue weighted by atomic mass is 19.2.